The molecule has 0 heterocycles. The van der Waals surface area contributed by atoms with Gasteiger partial charge in [0, 0.05) is 17.6 Å². The molecule has 0 saturated carbocycles. The molecule has 0 atom stereocenters. The van der Waals surface area contributed by atoms with Crippen molar-refractivity contribution in [3.63, 3.8) is 0 Å². The van der Waals surface area contributed by atoms with Gasteiger partial charge in [0.05, 0.1) is 5.56 Å². The Morgan fingerprint density at radius 2 is 1.95 bits per heavy atom. The van der Waals surface area contributed by atoms with Crippen LogP contribution in [0.3, 0.4) is 0 Å². The van der Waals surface area contributed by atoms with Gasteiger partial charge in [-0.25, -0.2) is 8.78 Å². The third-order valence-corrected chi connectivity index (χ3v) is 3.00. The van der Waals surface area contributed by atoms with Crippen LogP contribution in [0.4, 0.5) is 8.78 Å². The van der Waals surface area contributed by atoms with Crippen LogP contribution in [0.2, 0.25) is 5.02 Å². The Hall–Kier alpha value is -1.94. The number of benzene rings is 2. The van der Waals surface area contributed by atoms with E-state index in [2.05, 4.69) is 5.32 Å². The highest BCUT2D eigenvalue weighted by Gasteiger charge is 2.11. The lowest BCUT2D eigenvalue weighted by Gasteiger charge is -2.06. The van der Waals surface area contributed by atoms with Crippen molar-refractivity contribution >= 4 is 17.5 Å². The average molecular weight is 296 g/mol. The largest absolute Gasteiger partial charge is 0.352 e. The maximum Gasteiger partial charge on any atom is 0.254 e. The van der Waals surface area contributed by atoms with Gasteiger partial charge < -0.3 is 5.32 Å². The molecule has 2 aromatic carbocycles. The molecule has 0 bridgehead atoms. The number of hydrogen-bond donors (Lipinski definition) is 1. The first kappa shape index (κ1) is 14.5. The first-order chi connectivity index (χ1) is 9.56. The zero-order chi connectivity index (χ0) is 14.5. The zero-order valence-electron chi connectivity index (χ0n) is 10.5. The molecule has 20 heavy (non-hydrogen) atoms. The second-order valence-corrected chi connectivity index (χ2v) is 4.70. The van der Waals surface area contributed by atoms with Gasteiger partial charge in [0.2, 0.25) is 0 Å². The zero-order valence-corrected chi connectivity index (χ0v) is 11.3. The molecule has 0 aliphatic carbocycles. The van der Waals surface area contributed by atoms with Gasteiger partial charge in [-0.05, 0) is 36.2 Å². The van der Waals surface area contributed by atoms with Crippen molar-refractivity contribution in [2.24, 2.45) is 0 Å². The first-order valence-electron chi connectivity index (χ1n) is 6.04. The van der Waals surface area contributed by atoms with Gasteiger partial charge >= 0.3 is 0 Å². The quantitative estimate of drug-likeness (QED) is 0.917. The van der Waals surface area contributed by atoms with E-state index in [9.17, 15) is 13.6 Å². The Bertz CT molecular complexity index is 631. The number of carbonyl (C=O) groups is 1. The Morgan fingerprint density at radius 3 is 2.65 bits per heavy atom. The molecule has 2 nitrogen and oxygen atoms in total. The van der Waals surface area contributed by atoms with Gasteiger partial charge in [0.15, 0.2) is 0 Å². The summed E-state index contributed by atoms with van der Waals surface area (Å²) in [6.45, 7) is 0.343. The topological polar surface area (TPSA) is 29.1 Å². The predicted octanol–water partition coefficient (Wildman–Crippen LogP) is 3.59. The van der Waals surface area contributed by atoms with Crippen LogP contribution in [-0.4, -0.2) is 12.5 Å². The fourth-order valence-corrected chi connectivity index (χ4v) is 1.99. The van der Waals surface area contributed by atoms with Crippen molar-refractivity contribution in [3.05, 3.63) is 70.2 Å². The van der Waals surface area contributed by atoms with E-state index in [4.69, 9.17) is 11.6 Å². The fourth-order valence-electron chi connectivity index (χ4n) is 1.78. The van der Waals surface area contributed by atoms with Crippen molar-refractivity contribution < 1.29 is 13.6 Å². The summed E-state index contributed by atoms with van der Waals surface area (Å²) < 4.78 is 26.1. The molecule has 0 radical (unpaired) electrons. The van der Waals surface area contributed by atoms with E-state index in [-0.39, 0.29) is 5.56 Å². The summed E-state index contributed by atoms with van der Waals surface area (Å²) >= 11 is 5.85. The number of halogens is 3. The van der Waals surface area contributed by atoms with Gasteiger partial charge in [-0.2, -0.15) is 0 Å². The molecule has 0 fully saturated rings. The van der Waals surface area contributed by atoms with Crippen molar-refractivity contribution in [2.45, 2.75) is 6.42 Å². The van der Waals surface area contributed by atoms with E-state index in [1.54, 1.807) is 12.1 Å². The fraction of sp³-hybridized carbons (Fsp3) is 0.133. The molecule has 2 rings (SSSR count). The molecule has 5 heteroatoms. The van der Waals surface area contributed by atoms with E-state index in [0.717, 1.165) is 17.7 Å². The molecule has 1 amide bonds. The number of hydrogen-bond acceptors (Lipinski definition) is 1. The minimum absolute atomic E-state index is 0.169. The summed E-state index contributed by atoms with van der Waals surface area (Å²) in [4.78, 5) is 11.7. The number of amides is 1. The molecule has 0 unspecified atom stereocenters. The van der Waals surface area contributed by atoms with E-state index in [1.165, 1.54) is 0 Å². The van der Waals surface area contributed by atoms with E-state index in [1.807, 2.05) is 12.1 Å². The lowest BCUT2D eigenvalue weighted by Crippen LogP contribution is -2.26. The lowest BCUT2D eigenvalue weighted by atomic mass is 10.1. The molecule has 1 N–H and O–H groups in total. The summed E-state index contributed by atoms with van der Waals surface area (Å²) in [5, 5.41) is 3.21. The maximum atomic E-state index is 13.4. The highest BCUT2D eigenvalue weighted by Crippen LogP contribution is 2.11. The predicted molar refractivity (Wildman–Crippen MR) is 73.8 cm³/mol. The SMILES string of the molecule is O=C(NCCc1cccc(Cl)c1)c1ccc(F)cc1F. The second-order valence-electron chi connectivity index (χ2n) is 4.26. The van der Waals surface area contributed by atoms with Crippen LogP contribution in [0.15, 0.2) is 42.5 Å². The first-order valence-corrected chi connectivity index (χ1v) is 6.42. The number of rotatable bonds is 4. The van der Waals surface area contributed by atoms with Gasteiger partial charge in [-0.1, -0.05) is 23.7 Å². The Morgan fingerprint density at radius 1 is 1.15 bits per heavy atom. The molecule has 104 valence electrons. The highest BCUT2D eigenvalue weighted by molar-refractivity contribution is 6.30. The summed E-state index contributed by atoms with van der Waals surface area (Å²) in [5.74, 6) is -2.15. The lowest BCUT2D eigenvalue weighted by molar-refractivity contribution is 0.0950. The minimum atomic E-state index is -0.870. The van der Waals surface area contributed by atoms with Crippen molar-refractivity contribution in [2.75, 3.05) is 6.54 Å². The van der Waals surface area contributed by atoms with Crippen molar-refractivity contribution in [3.8, 4) is 0 Å². The Labute approximate surface area is 120 Å². The van der Waals surface area contributed by atoms with Crippen LogP contribution in [-0.2, 0) is 6.42 Å². The molecule has 0 saturated heterocycles. The van der Waals surface area contributed by atoms with Crippen LogP contribution >= 0.6 is 11.6 Å². The molecule has 0 aliphatic rings. The third kappa shape index (κ3) is 3.78. The summed E-state index contributed by atoms with van der Waals surface area (Å²) in [7, 11) is 0. The van der Waals surface area contributed by atoms with Crippen LogP contribution in [0, 0.1) is 11.6 Å². The van der Waals surface area contributed by atoms with Crippen LogP contribution in [0.25, 0.3) is 0 Å². The van der Waals surface area contributed by atoms with Gasteiger partial charge in [0.25, 0.3) is 5.91 Å². The van der Waals surface area contributed by atoms with E-state index >= 15 is 0 Å². The Balaban J connectivity index is 1.92. The van der Waals surface area contributed by atoms with Gasteiger partial charge in [0.1, 0.15) is 11.6 Å². The average Bonchev–Trinajstić information content (AvgIpc) is 2.38. The summed E-state index contributed by atoms with van der Waals surface area (Å²) in [5.41, 5.74) is 0.801. The number of nitrogens with one attached hydrogen (secondary N) is 1. The normalized spacial score (nSPS) is 10.3. The van der Waals surface area contributed by atoms with Crippen LogP contribution in [0.1, 0.15) is 15.9 Å². The highest BCUT2D eigenvalue weighted by atomic mass is 35.5. The molecule has 2 aromatic rings. The summed E-state index contributed by atoms with van der Waals surface area (Å²) in [6.07, 6.45) is 0.578. The van der Waals surface area contributed by atoms with Crippen LogP contribution < -0.4 is 5.32 Å². The Kier molecular flexibility index (Phi) is 4.69. The van der Waals surface area contributed by atoms with E-state index < -0.39 is 17.5 Å². The van der Waals surface area contributed by atoms with Gasteiger partial charge in [-0.3, -0.25) is 4.79 Å². The minimum Gasteiger partial charge on any atom is -0.352 e. The number of carbonyl (C=O) groups excluding carboxylic acids is 1. The third-order valence-electron chi connectivity index (χ3n) is 2.76. The smallest absolute Gasteiger partial charge is 0.254 e. The van der Waals surface area contributed by atoms with Crippen LogP contribution in [0.5, 0.6) is 0 Å². The maximum absolute atomic E-state index is 13.4. The molecule has 0 spiro atoms. The monoisotopic (exact) mass is 295 g/mol. The standard InChI is InChI=1S/C15H12ClF2NO/c16-11-3-1-2-10(8-11)6-7-19-15(20)13-5-4-12(17)9-14(13)18/h1-5,8-9H,6-7H2,(H,19,20). The van der Waals surface area contributed by atoms with Crippen molar-refractivity contribution in [1.82, 2.24) is 5.32 Å². The second kappa shape index (κ2) is 6.48. The molecular formula is C15H12ClF2NO. The van der Waals surface area contributed by atoms with E-state index in [0.29, 0.717) is 24.1 Å². The van der Waals surface area contributed by atoms with Gasteiger partial charge in [-0.15, -0.1) is 0 Å². The molecular weight excluding hydrogens is 284 g/mol. The molecule has 0 aliphatic heterocycles. The molecule has 0 aromatic heterocycles. The van der Waals surface area contributed by atoms with Crippen molar-refractivity contribution in [1.29, 1.82) is 0 Å². The summed E-state index contributed by atoms with van der Waals surface area (Å²) in [6, 6.07) is 10.1.